The molecule has 5 nitrogen and oxygen atoms in total. The lowest BCUT2D eigenvalue weighted by Crippen LogP contribution is -2.40. The van der Waals surface area contributed by atoms with Crippen molar-refractivity contribution in [2.24, 2.45) is 5.92 Å². The third kappa shape index (κ3) is 6.26. The molecule has 2 fully saturated rings. The highest BCUT2D eigenvalue weighted by Gasteiger charge is 2.20. The van der Waals surface area contributed by atoms with Gasteiger partial charge >= 0.3 is 0 Å². The summed E-state index contributed by atoms with van der Waals surface area (Å²) in [6, 6.07) is 8.56. The first-order valence-corrected chi connectivity index (χ1v) is 9.11. The van der Waals surface area contributed by atoms with Crippen LogP contribution < -0.4 is 10.6 Å². The standard InChI is InChI=1S/C19H29N3O2.ClH/c1-15-13-22(9-10-24-15)14-17-4-2-3-16(11-17)12-21-19(23)18-5-7-20-8-6-18;/h2-4,11,15,18,20H,5-10,12-14H2,1H3,(H,21,23);1H. The summed E-state index contributed by atoms with van der Waals surface area (Å²) in [4.78, 5) is 14.7. The maximum Gasteiger partial charge on any atom is 0.223 e. The predicted molar refractivity (Wildman–Crippen MR) is 102 cm³/mol. The van der Waals surface area contributed by atoms with Crippen LogP contribution in [-0.4, -0.2) is 49.7 Å². The minimum Gasteiger partial charge on any atom is -0.376 e. The molecule has 0 spiro atoms. The highest BCUT2D eigenvalue weighted by Crippen LogP contribution is 2.14. The maximum atomic E-state index is 12.2. The van der Waals surface area contributed by atoms with E-state index < -0.39 is 0 Å². The molecule has 1 aromatic rings. The van der Waals surface area contributed by atoms with Crippen LogP contribution in [0.4, 0.5) is 0 Å². The Labute approximate surface area is 156 Å². The molecule has 1 atom stereocenters. The summed E-state index contributed by atoms with van der Waals surface area (Å²) in [5.41, 5.74) is 2.48. The van der Waals surface area contributed by atoms with E-state index in [1.807, 2.05) is 0 Å². The molecule has 0 saturated carbocycles. The van der Waals surface area contributed by atoms with Crippen LogP contribution in [-0.2, 0) is 22.6 Å². The van der Waals surface area contributed by atoms with Crippen LogP contribution in [0.1, 0.15) is 30.9 Å². The van der Waals surface area contributed by atoms with Gasteiger partial charge in [0.2, 0.25) is 5.91 Å². The molecule has 1 unspecified atom stereocenters. The topological polar surface area (TPSA) is 53.6 Å². The zero-order chi connectivity index (χ0) is 16.8. The first-order valence-electron chi connectivity index (χ1n) is 9.11. The average molecular weight is 368 g/mol. The number of morpholine rings is 1. The number of carbonyl (C=O) groups excluding carboxylic acids is 1. The van der Waals surface area contributed by atoms with Crippen molar-refractivity contribution in [2.75, 3.05) is 32.8 Å². The zero-order valence-corrected chi connectivity index (χ0v) is 15.8. The molecular weight excluding hydrogens is 338 g/mol. The Morgan fingerprint density at radius 2 is 2.08 bits per heavy atom. The molecule has 2 aliphatic heterocycles. The van der Waals surface area contributed by atoms with E-state index in [1.165, 1.54) is 11.1 Å². The third-order valence-electron chi connectivity index (χ3n) is 4.90. The zero-order valence-electron chi connectivity index (χ0n) is 15.0. The second kappa shape index (κ2) is 10.1. The fourth-order valence-corrected chi connectivity index (χ4v) is 3.55. The van der Waals surface area contributed by atoms with E-state index in [-0.39, 0.29) is 24.2 Å². The smallest absolute Gasteiger partial charge is 0.223 e. The molecule has 25 heavy (non-hydrogen) atoms. The van der Waals surface area contributed by atoms with E-state index in [4.69, 9.17) is 4.74 Å². The van der Waals surface area contributed by atoms with Crippen LogP contribution >= 0.6 is 12.4 Å². The van der Waals surface area contributed by atoms with Crippen molar-refractivity contribution < 1.29 is 9.53 Å². The summed E-state index contributed by atoms with van der Waals surface area (Å²) in [5.74, 6) is 0.369. The van der Waals surface area contributed by atoms with Gasteiger partial charge in [-0.1, -0.05) is 24.3 Å². The third-order valence-corrected chi connectivity index (χ3v) is 4.90. The number of ether oxygens (including phenoxy) is 1. The Bertz CT molecular complexity index is 549. The van der Waals surface area contributed by atoms with Crippen LogP contribution in [0.25, 0.3) is 0 Å². The Morgan fingerprint density at radius 1 is 1.32 bits per heavy atom. The fraction of sp³-hybridized carbons (Fsp3) is 0.632. The van der Waals surface area contributed by atoms with Gasteiger partial charge in [-0.25, -0.2) is 0 Å². The quantitative estimate of drug-likeness (QED) is 0.835. The minimum absolute atomic E-state index is 0. The second-order valence-electron chi connectivity index (χ2n) is 6.98. The Morgan fingerprint density at radius 3 is 2.84 bits per heavy atom. The van der Waals surface area contributed by atoms with Gasteiger partial charge in [-0.15, -0.1) is 12.4 Å². The van der Waals surface area contributed by atoms with Crippen LogP contribution in [0.3, 0.4) is 0 Å². The molecule has 140 valence electrons. The molecule has 2 heterocycles. The lowest BCUT2D eigenvalue weighted by Gasteiger charge is -2.31. The summed E-state index contributed by atoms with van der Waals surface area (Å²) in [5, 5.41) is 6.41. The molecule has 0 aliphatic carbocycles. The summed E-state index contributed by atoms with van der Waals surface area (Å²) >= 11 is 0. The summed E-state index contributed by atoms with van der Waals surface area (Å²) < 4.78 is 5.60. The van der Waals surface area contributed by atoms with E-state index in [0.29, 0.717) is 12.6 Å². The highest BCUT2D eigenvalue weighted by molar-refractivity contribution is 5.85. The maximum absolute atomic E-state index is 12.2. The number of benzene rings is 1. The molecule has 2 N–H and O–H groups in total. The van der Waals surface area contributed by atoms with E-state index >= 15 is 0 Å². The molecule has 1 amide bonds. The lowest BCUT2D eigenvalue weighted by molar-refractivity contribution is -0.125. The van der Waals surface area contributed by atoms with Crippen molar-refractivity contribution in [1.29, 1.82) is 0 Å². The van der Waals surface area contributed by atoms with Gasteiger partial charge in [0.1, 0.15) is 0 Å². The van der Waals surface area contributed by atoms with Crippen molar-refractivity contribution in [3.63, 3.8) is 0 Å². The number of hydrogen-bond acceptors (Lipinski definition) is 4. The Balaban J connectivity index is 0.00000225. The molecule has 0 bridgehead atoms. The first-order chi connectivity index (χ1) is 11.7. The van der Waals surface area contributed by atoms with Gasteiger partial charge < -0.3 is 15.4 Å². The van der Waals surface area contributed by atoms with Gasteiger partial charge in [-0.2, -0.15) is 0 Å². The van der Waals surface area contributed by atoms with Gasteiger partial charge in [0.05, 0.1) is 12.7 Å². The molecule has 1 aromatic carbocycles. The largest absolute Gasteiger partial charge is 0.376 e. The Kier molecular flexibility index (Phi) is 8.16. The van der Waals surface area contributed by atoms with Gasteiger partial charge in [-0.3, -0.25) is 9.69 Å². The second-order valence-corrected chi connectivity index (χ2v) is 6.98. The number of nitrogens with one attached hydrogen (secondary N) is 2. The van der Waals surface area contributed by atoms with Gasteiger partial charge in [-0.05, 0) is 44.0 Å². The van der Waals surface area contributed by atoms with Gasteiger partial charge in [0.15, 0.2) is 0 Å². The van der Waals surface area contributed by atoms with Crippen LogP contribution in [0.15, 0.2) is 24.3 Å². The van der Waals surface area contributed by atoms with E-state index in [2.05, 4.69) is 46.7 Å². The molecule has 2 aliphatic rings. The first kappa shape index (κ1) is 20.2. The van der Waals surface area contributed by atoms with Crippen molar-refractivity contribution in [3.8, 4) is 0 Å². The van der Waals surface area contributed by atoms with Crippen molar-refractivity contribution in [2.45, 2.75) is 39.0 Å². The molecular formula is C19H30ClN3O2. The molecule has 3 rings (SSSR count). The van der Waals surface area contributed by atoms with E-state index in [1.54, 1.807) is 0 Å². The molecule has 6 heteroatoms. The van der Waals surface area contributed by atoms with E-state index in [9.17, 15) is 4.79 Å². The number of halogens is 1. The number of carbonyl (C=O) groups is 1. The highest BCUT2D eigenvalue weighted by atomic mass is 35.5. The number of rotatable bonds is 5. The monoisotopic (exact) mass is 367 g/mol. The molecule has 0 radical (unpaired) electrons. The van der Waals surface area contributed by atoms with Gasteiger partial charge in [0.25, 0.3) is 0 Å². The summed E-state index contributed by atoms with van der Waals surface area (Å²) in [6.45, 7) is 8.38. The lowest BCUT2D eigenvalue weighted by atomic mass is 9.97. The molecule has 0 aromatic heterocycles. The SMILES string of the molecule is CC1CN(Cc2cccc(CNC(=O)C3CCNCC3)c2)CCO1.Cl. The van der Waals surface area contributed by atoms with Crippen molar-refractivity contribution >= 4 is 18.3 Å². The number of nitrogens with zero attached hydrogens (tertiary/aromatic N) is 1. The van der Waals surface area contributed by atoms with Crippen LogP contribution in [0.5, 0.6) is 0 Å². The van der Waals surface area contributed by atoms with Crippen LogP contribution in [0, 0.1) is 5.92 Å². The average Bonchev–Trinajstić information content (AvgIpc) is 2.61. The Hall–Kier alpha value is -1.14. The number of hydrogen-bond donors (Lipinski definition) is 2. The van der Waals surface area contributed by atoms with Crippen molar-refractivity contribution in [1.82, 2.24) is 15.5 Å². The summed E-state index contributed by atoms with van der Waals surface area (Å²) in [6.07, 6.45) is 2.20. The number of amides is 1. The normalized spacial score (nSPS) is 22.2. The van der Waals surface area contributed by atoms with Crippen molar-refractivity contribution in [3.05, 3.63) is 35.4 Å². The van der Waals surface area contributed by atoms with E-state index in [0.717, 1.165) is 52.2 Å². The fourth-order valence-electron chi connectivity index (χ4n) is 3.55. The predicted octanol–water partition coefficient (Wildman–Crippen LogP) is 1.94. The summed E-state index contributed by atoms with van der Waals surface area (Å²) in [7, 11) is 0. The molecule has 2 saturated heterocycles. The number of piperidine rings is 1. The minimum atomic E-state index is 0. The van der Waals surface area contributed by atoms with Gasteiger partial charge in [0, 0.05) is 32.1 Å². The van der Waals surface area contributed by atoms with Crippen LogP contribution in [0.2, 0.25) is 0 Å².